The van der Waals surface area contributed by atoms with E-state index in [2.05, 4.69) is 10.6 Å². The van der Waals surface area contributed by atoms with E-state index in [9.17, 15) is 19.7 Å². The molecule has 0 spiro atoms. The van der Waals surface area contributed by atoms with Gasteiger partial charge in [0.25, 0.3) is 5.69 Å². The summed E-state index contributed by atoms with van der Waals surface area (Å²) in [6.45, 7) is 3.21. The first kappa shape index (κ1) is 17.9. The third kappa shape index (κ3) is 5.66. The Bertz CT molecular complexity index is 565. The molecule has 2 amide bonds. The van der Waals surface area contributed by atoms with Crippen molar-refractivity contribution in [2.24, 2.45) is 0 Å². The second kappa shape index (κ2) is 8.96. The molecule has 0 unspecified atom stereocenters. The van der Waals surface area contributed by atoms with Gasteiger partial charge < -0.3 is 15.4 Å². The highest BCUT2D eigenvalue weighted by Crippen LogP contribution is 2.26. The van der Waals surface area contributed by atoms with Crippen LogP contribution in [0, 0.1) is 10.1 Å². The maximum atomic E-state index is 11.7. The molecule has 0 saturated carbocycles. The highest BCUT2D eigenvalue weighted by atomic mass is 35.5. The van der Waals surface area contributed by atoms with E-state index in [-0.39, 0.29) is 22.9 Å². The van der Waals surface area contributed by atoms with Gasteiger partial charge in [0.05, 0.1) is 15.6 Å². The van der Waals surface area contributed by atoms with Gasteiger partial charge in [-0.2, -0.15) is 0 Å². The van der Waals surface area contributed by atoms with Crippen molar-refractivity contribution in [3.8, 4) is 0 Å². The molecule has 9 heteroatoms. The van der Waals surface area contributed by atoms with Crippen LogP contribution in [0.1, 0.15) is 13.3 Å². The van der Waals surface area contributed by atoms with E-state index < -0.39 is 16.7 Å². The number of amides is 2. The summed E-state index contributed by atoms with van der Waals surface area (Å²) < 4.78 is 5.09. The molecule has 0 aliphatic rings. The van der Waals surface area contributed by atoms with Gasteiger partial charge in [-0.05, 0) is 19.4 Å². The number of nitro benzene ring substituents is 1. The number of nitrogens with zero attached hydrogens (tertiary/aromatic N) is 1. The predicted octanol–water partition coefficient (Wildman–Crippen LogP) is 1.73. The maximum Gasteiger partial charge on any atom is 0.313 e. The number of hydrogen-bond acceptors (Lipinski definition) is 5. The minimum absolute atomic E-state index is 0.00494. The van der Waals surface area contributed by atoms with Crippen LogP contribution in [0.5, 0.6) is 0 Å². The molecule has 8 nitrogen and oxygen atoms in total. The molecule has 0 radical (unpaired) electrons. The van der Waals surface area contributed by atoms with Gasteiger partial charge in [-0.3, -0.25) is 19.7 Å². The Morgan fingerprint density at radius 2 is 2.09 bits per heavy atom. The Hall–Kier alpha value is -2.19. The minimum atomic E-state index is -0.946. The van der Waals surface area contributed by atoms with Crippen LogP contribution in [-0.4, -0.2) is 36.5 Å². The van der Waals surface area contributed by atoms with Crippen LogP contribution < -0.4 is 10.6 Å². The molecule has 0 aliphatic carbocycles. The molecular weight excluding hydrogens is 314 g/mol. The number of nitro groups is 1. The van der Waals surface area contributed by atoms with Crippen molar-refractivity contribution in [3.05, 3.63) is 33.3 Å². The van der Waals surface area contributed by atoms with Crippen molar-refractivity contribution in [1.29, 1.82) is 0 Å². The van der Waals surface area contributed by atoms with Crippen molar-refractivity contribution >= 4 is 34.8 Å². The summed E-state index contributed by atoms with van der Waals surface area (Å²) >= 11 is 5.83. The molecule has 0 saturated heterocycles. The van der Waals surface area contributed by atoms with Crippen molar-refractivity contribution in [2.45, 2.75) is 13.3 Å². The molecule has 0 aromatic heterocycles. The topological polar surface area (TPSA) is 111 Å². The standard InChI is InChI=1S/C13H16ClN3O5/c1-2-22-7-3-6-15-12(18)13(19)16-11-8-9(17(20)21)4-5-10(11)14/h4-5,8H,2-3,6-7H2,1H3,(H,15,18)(H,16,19). The predicted molar refractivity (Wildman–Crippen MR) is 80.9 cm³/mol. The smallest absolute Gasteiger partial charge is 0.313 e. The number of hydrogen-bond donors (Lipinski definition) is 2. The highest BCUT2D eigenvalue weighted by Gasteiger charge is 2.16. The van der Waals surface area contributed by atoms with Gasteiger partial charge >= 0.3 is 11.8 Å². The van der Waals surface area contributed by atoms with Crippen LogP contribution >= 0.6 is 11.6 Å². The number of rotatable bonds is 7. The number of ether oxygens (including phenoxy) is 1. The fourth-order valence-corrected chi connectivity index (χ4v) is 1.67. The molecule has 0 fully saturated rings. The van der Waals surface area contributed by atoms with Gasteiger partial charge in [-0.1, -0.05) is 11.6 Å². The van der Waals surface area contributed by atoms with E-state index in [1.54, 1.807) is 0 Å². The molecule has 0 aliphatic heterocycles. The quantitative estimate of drug-likeness (QED) is 0.342. The number of halogens is 1. The molecule has 1 aromatic carbocycles. The highest BCUT2D eigenvalue weighted by molar-refractivity contribution is 6.41. The van der Waals surface area contributed by atoms with Crippen LogP contribution in [0.3, 0.4) is 0 Å². The van der Waals surface area contributed by atoms with Gasteiger partial charge in [-0.15, -0.1) is 0 Å². The Labute approximate surface area is 131 Å². The summed E-state index contributed by atoms with van der Waals surface area (Å²) in [6, 6.07) is 3.56. The number of carbonyl (C=O) groups is 2. The third-order valence-electron chi connectivity index (χ3n) is 2.57. The number of benzene rings is 1. The maximum absolute atomic E-state index is 11.7. The van der Waals surface area contributed by atoms with E-state index in [4.69, 9.17) is 16.3 Å². The molecule has 2 N–H and O–H groups in total. The first-order valence-corrected chi connectivity index (χ1v) is 6.94. The van der Waals surface area contributed by atoms with E-state index in [0.29, 0.717) is 19.6 Å². The number of non-ortho nitro benzene ring substituents is 1. The summed E-state index contributed by atoms with van der Waals surface area (Å²) in [5.41, 5.74) is -0.234. The van der Waals surface area contributed by atoms with E-state index in [1.807, 2.05) is 6.92 Å². The number of carbonyl (C=O) groups excluding carboxylic acids is 2. The van der Waals surface area contributed by atoms with Crippen LogP contribution in [-0.2, 0) is 14.3 Å². The molecule has 22 heavy (non-hydrogen) atoms. The van der Waals surface area contributed by atoms with Crippen LogP contribution in [0.15, 0.2) is 18.2 Å². The van der Waals surface area contributed by atoms with Gasteiger partial charge in [0.1, 0.15) is 0 Å². The van der Waals surface area contributed by atoms with Crippen LogP contribution in [0.25, 0.3) is 0 Å². The van der Waals surface area contributed by atoms with E-state index in [1.165, 1.54) is 12.1 Å². The fourth-order valence-electron chi connectivity index (χ4n) is 1.50. The average molecular weight is 330 g/mol. The van der Waals surface area contributed by atoms with Crippen molar-refractivity contribution in [2.75, 3.05) is 25.1 Å². The minimum Gasteiger partial charge on any atom is -0.382 e. The zero-order valence-electron chi connectivity index (χ0n) is 11.9. The van der Waals surface area contributed by atoms with Crippen LogP contribution in [0.2, 0.25) is 5.02 Å². The Morgan fingerprint density at radius 3 is 2.73 bits per heavy atom. The van der Waals surface area contributed by atoms with Crippen molar-refractivity contribution in [3.63, 3.8) is 0 Å². The van der Waals surface area contributed by atoms with Crippen LogP contribution in [0.4, 0.5) is 11.4 Å². The average Bonchev–Trinajstić information content (AvgIpc) is 2.48. The third-order valence-corrected chi connectivity index (χ3v) is 2.90. The first-order valence-electron chi connectivity index (χ1n) is 6.56. The van der Waals surface area contributed by atoms with Crippen molar-refractivity contribution < 1.29 is 19.2 Å². The molecule has 1 rings (SSSR count). The number of nitrogens with one attached hydrogen (secondary N) is 2. The van der Waals surface area contributed by atoms with E-state index in [0.717, 1.165) is 6.07 Å². The molecule has 120 valence electrons. The second-order valence-electron chi connectivity index (χ2n) is 4.18. The lowest BCUT2D eigenvalue weighted by Gasteiger charge is -2.08. The van der Waals surface area contributed by atoms with E-state index >= 15 is 0 Å². The molecule has 0 heterocycles. The zero-order valence-corrected chi connectivity index (χ0v) is 12.7. The Kier molecular flexibility index (Phi) is 7.27. The number of anilines is 1. The molecule has 1 aromatic rings. The SMILES string of the molecule is CCOCCCNC(=O)C(=O)Nc1cc([N+](=O)[O-])ccc1Cl. The lowest BCUT2D eigenvalue weighted by molar-refractivity contribution is -0.384. The lowest BCUT2D eigenvalue weighted by atomic mass is 10.2. The zero-order chi connectivity index (χ0) is 16.5. The van der Waals surface area contributed by atoms with Gasteiger partial charge in [0, 0.05) is 31.9 Å². The summed E-state index contributed by atoms with van der Waals surface area (Å²) in [5.74, 6) is -1.79. The fraction of sp³-hybridized carbons (Fsp3) is 0.385. The largest absolute Gasteiger partial charge is 0.382 e. The summed E-state index contributed by atoms with van der Waals surface area (Å²) in [5, 5.41) is 15.4. The Morgan fingerprint density at radius 1 is 1.36 bits per heavy atom. The second-order valence-corrected chi connectivity index (χ2v) is 4.59. The summed E-state index contributed by atoms with van der Waals surface area (Å²) in [6.07, 6.45) is 0.574. The summed E-state index contributed by atoms with van der Waals surface area (Å²) in [4.78, 5) is 33.3. The Balaban J connectivity index is 2.55. The molecule has 0 bridgehead atoms. The monoisotopic (exact) mass is 329 g/mol. The lowest BCUT2D eigenvalue weighted by Crippen LogP contribution is -2.36. The normalized spacial score (nSPS) is 10.1. The van der Waals surface area contributed by atoms with Crippen molar-refractivity contribution in [1.82, 2.24) is 5.32 Å². The van der Waals surface area contributed by atoms with Gasteiger partial charge in [0.2, 0.25) is 0 Å². The summed E-state index contributed by atoms with van der Waals surface area (Å²) in [7, 11) is 0. The van der Waals surface area contributed by atoms with Gasteiger partial charge in [0.15, 0.2) is 0 Å². The molecule has 0 atom stereocenters. The molecular formula is C13H16ClN3O5. The van der Waals surface area contributed by atoms with Gasteiger partial charge in [-0.25, -0.2) is 0 Å². The first-order chi connectivity index (χ1) is 10.5.